The van der Waals surface area contributed by atoms with Gasteiger partial charge in [-0.25, -0.2) is 4.79 Å². The van der Waals surface area contributed by atoms with Crippen LogP contribution < -0.4 is 10.6 Å². The zero-order valence-electron chi connectivity index (χ0n) is 13.3. The van der Waals surface area contributed by atoms with Gasteiger partial charge in [0, 0.05) is 35.9 Å². The molecule has 2 heterocycles. The molecular weight excluding hydrogens is 369 g/mol. The molecule has 0 bridgehead atoms. The van der Waals surface area contributed by atoms with Crippen LogP contribution in [-0.4, -0.2) is 60.8 Å². The Hall–Kier alpha value is -0.660. The van der Waals surface area contributed by atoms with Crippen LogP contribution in [0.15, 0.2) is 18.2 Å². The van der Waals surface area contributed by atoms with Crippen LogP contribution >= 0.6 is 35.0 Å². The average Bonchev–Trinajstić information content (AvgIpc) is 3.07. The minimum atomic E-state index is -0.247. The van der Waals surface area contributed by atoms with Crippen molar-refractivity contribution in [1.82, 2.24) is 10.2 Å². The summed E-state index contributed by atoms with van der Waals surface area (Å²) in [4.78, 5) is 14.7. The van der Waals surface area contributed by atoms with Crippen molar-refractivity contribution in [2.45, 2.75) is 12.0 Å². The highest BCUT2D eigenvalue weighted by atomic mass is 35.5. The third-order valence-electron chi connectivity index (χ3n) is 4.52. The summed E-state index contributed by atoms with van der Waals surface area (Å²) in [5.41, 5.74) is 0.579. The third-order valence-corrected chi connectivity index (χ3v) is 6.30. The molecular formula is C16H21Cl2N3O2S. The Balaban J connectivity index is 1.59. The van der Waals surface area contributed by atoms with Gasteiger partial charge in [-0.15, -0.1) is 0 Å². The van der Waals surface area contributed by atoms with Gasteiger partial charge in [0.1, 0.15) is 0 Å². The first-order chi connectivity index (χ1) is 11.6. The zero-order valence-corrected chi connectivity index (χ0v) is 15.6. The smallest absolute Gasteiger partial charge is 0.319 e. The summed E-state index contributed by atoms with van der Waals surface area (Å²) >= 11 is 13.9. The number of amides is 2. The van der Waals surface area contributed by atoms with E-state index in [0.717, 1.165) is 44.2 Å². The van der Waals surface area contributed by atoms with Crippen LogP contribution in [0.2, 0.25) is 10.0 Å². The van der Waals surface area contributed by atoms with E-state index in [0.29, 0.717) is 22.3 Å². The fourth-order valence-corrected chi connectivity index (χ4v) is 5.07. The predicted molar refractivity (Wildman–Crippen MR) is 101 cm³/mol. The Morgan fingerprint density at radius 2 is 2.12 bits per heavy atom. The Bertz CT molecular complexity index is 591. The lowest BCUT2D eigenvalue weighted by Crippen LogP contribution is -2.59. The number of carbonyl (C=O) groups is 1. The van der Waals surface area contributed by atoms with Crippen molar-refractivity contribution in [3.63, 3.8) is 0 Å². The van der Waals surface area contributed by atoms with E-state index in [1.807, 2.05) is 11.8 Å². The number of hydrogen-bond acceptors (Lipinski definition) is 4. The van der Waals surface area contributed by atoms with Gasteiger partial charge in [0.25, 0.3) is 0 Å². The van der Waals surface area contributed by atoms with E-state index in [-0.39, 0.29) is 11.6 Å². The molecule has 0 aromatic heterocycles. The van der Waals surface area contributed by atoms with E-state index < -0.39 is 0 Å². The van der Waals surface area contributed by atoms with Gasteiger partial charge >= 0.3 is 6.03 Å². The van der Waals surface area contributed by atoms with E-state index in [9.17, 15) is 4.79 Å². The first-order valence-corrected chi connectivity index (χ1v) is 9.91. The number of rotatable bonds is 4. The predicted octanol–water partition coefficient (Wildman–Crippen LogP) is 3.32. The van der Waals surface area contributed by atoms with Crippen LogP contribution in [0.5, 0.6) is 0 Å². The molecule has 0 saturated carbocycles. The van der Waals surface area contributed by atoms with E-state index in [1.165, 1.54) is 0 Å². The number of hydrogen-bond donors (Lipinski definition) is 2. The molecule has 132 valence electrons. The molecule has 1 aromatic carbocycles. The van der Waals surface area contributed by atoms with E-state index in [1.54, 1.807) is 18.2 Å². The average molecular weight is 390 g/mol. The van der Waals surface area contributed by atoms with Gasteiger partial charge in [-0.05, 0) is 30.4 Å². The van der Waals surface area contributed by atoms with Crippen LogP contribution in [0.25, 0.3) is 0 Å². The SMILES string of the molecule is O=C(NC[C@@]1(N2CCOCC2)CCSC1)Nc1ccc(Cl)cc1Cl. The fourth-order valence-electron chi connectivity index (χ4n) is 3.14. The molecule has 1 aromatic rings. The number of urea groups is 1. The summed E-state index contributed by atoms with van der Waals surface area (Å²) in [7, 11) is 0. The number of nitrogens with one attached hydrogen (secondary N) is 2. The largest absolute Gasteiger partial charge is 0.379 e. The molecule has 0 unspecified atom stereocenters. The highest BCUT2D eigenvalue weighted by molar-refractivity contribution is 7.99. The third kappa shape index (κ3) is 4.29. The quantitative estimate of drug-likeness (QED) is 0.828. The highest BCUT2D eigenvalue weighted by Crippen LogP contribution is 2.33. The van der Waals surface area contributed by atoms with Crippen molar-refractivity contribution in [1.29, 1.82) is 0 Å². The second kappa shape index (κ2) is 8.15. The molecule has 0 radical (unpaired) electrons. The van der Waals surface area contributed by atoms with Crippen LogP contribution in [0.3, 0.4) is 0 Å². The van der Waals surface area contributed by atoms with Gasteiger partial charge in [0.15, 0.2) is 0 Å². The number of halogens is 2. The molecule has 2 aliphatic heterocycles. The lowest BCUT2D eigenvalue weighted by molar-refractivity contribution is -0.0123. The minimum Gasteiger partial charge on any atom is -0.379 e. The molecule has 2 aliphatic rings. The van der Waals surface area contributed by atoms with Crippen LogP contribution in [-0.2, 0) is 4.74 Å². The first-order valence-electron chi connectivity index (χ1n) is 8.00. The summed E-state index contributed by atoms with van der Waals surface area (Å²) in [6.45, 7) is 3.99. The van der Waals surface area contributed by atoms with Crippen molar-refractivity contribution >= 4 is 46.7 Å². The molecule has 8 heteroatoms. The molecule has 0 spiro atoms. The standard InChI is InChI=1S/C16H21Cl2N3O2S/c17-12-1-2-14(13(18)9-12)20-15(22)19-10-16(3-8-24-11-16)21-4-6-23-7-5-21/h1-2,9H,3-8,10-11H2,(H2,19,20,22)/t16-/m0/s1. The fraction of sp³-hybridized carbons (Fsp3) is 0.562. The number of anilines is 1. The lowest BCUT2D eigenvalue weighted by Gasteiger charge is -2.43. The molecule has 5 nitrogen and oxygen atoms in total. The highest BCUT2D eigenvalue weighted by Gasteiger charge is 2.40. The molecule has 24 heavy (non-hydrogen) atoms. The summed E-state index contributed by atoms with van der Waals surface area (Å²) in [5, 5.41) is 6.78. The molecule has 2 amide bonds. The van der Waals surface area contributed by atoms with Crippen LogP contribution in [0, 0.1) is 0 Å². The maximum absolute atomic E-state index is 12.3. The van der Waals surface area contributed by atoms with Gasteiger partial charge in [-0.3, -0.25) is 4.90 Å². The number of carbonyl (C=O) groups excluding carboxylic acids is 1. The molecule has 2 N–H and O–H groups in total. The van der Waals surface area contributed by atoms with Gasteiger partial charge < -0.3 is 15.4 Å². The number of ether oxygens (including phenoxy) is 1. The van der Waals surface area contributed by atoms with Crippen molar-refractivity contribution in [3.8, 4) is 0 Å². The zero-order chi connectivity index (χ0) is 17.0. The Kier molecular flexibility index (Phi) is 6.16. The topological polar surface area (TPSA) is 53.6 Å². The van der Waals surface area contributed by atoms with E-state index in [4.69, 9.17) is 27.9 Å². The molecule has 2 saturated heterocycles. The Morgan fingerprint density at radius 3 is 2.79 bits per heavy atom. The Morgan fingerprint density at radius 1 is 1.33 bits per heavy atom. The van der Waals surface area contributed by atoms with Crippen LogP contribution in [0.1, 0.15) is 6.42 Å². The monoisotopic (exact) mass is 389 g/mol. The van der Waals surface area contributed by atoms with Gasteiger partial charge in [0.05, 0.1) is 23.9 Å². The molecule has 3 rings (SSSR count). The lowest BCUT2D eigenvalue weighted by atomic mass is 9.95. The number of morpholine rings is 1. The van der Waals surface area contributed by atoms with Crippen molar-refractivity contribution < 1.29 is 9.53 Å². The molecule has 0 aliphatic carbocycles. The summed E-state index contributed by atoms with van der Waals surface area (Å²) in [5.74, 6) is 2.17. The van der Waals surface area contributed by atoms with Gasteiger partial charge in [-0.2, -0.15) is 11.8 Å². The second-order valence-electron chi connectivity index (χ2n) is 6.06. The molecule has 1 atom stereocenters. The van der Waals surface area contributed by atoms with Crippen molar-refractivity contribution in [2.75, 3.05) is 49.7 Å². The van der Waals surface area contributed by atoms with Gasteiger partial charge in [-0.1, -0.05) is 23.2 Å². The number of benzene rings is 1. The number of thioether (sulfide) groups is 1. The number of nitrogens with zero attached hydrogens (tertiary/aromatic N) is 1. The van der Waals surface area contributed by atoms with Crippen molar-refractivity contribution in [2.24, 2.45) is 0 Å². The van der Waals surface area contributed by atoms with E-state index in [2.05, 4.69) is 15.5 Å². The van der Waals surface area contributed by atoms with Crippen molar-refractivity contribution in [3.05, 3.63) is 28.2 Å². The summed E-state index contributed by atoms with van der Waals surface area (Å²) in [6, 6.07) is 4.77. The van der Waals surface area contributed by atoms with Crippen LogP contribution in [0.4, 0.5) is 10.5 Å². The molecule has 2 fully saturated rings. The van der Waals surface area contributed by atoms with Gasteiger partial charge in [0.2, 0.25) is 0 Å². The maximum Gasteiger partial charge on any atom is 0.319 e. The Labute approximate surface area is 156 Å². The summed E-state index contributed by atoms with van der Waals surface area (Å²) in [6.07, 6.45) is 1.08. The minimum absolute atomic E-state index is 0.0234. The second-order valence-corrected chi connectivity index (χ2v) is 8.01. The first kappa shape index (κ1) is 18.1. The normalized spacial score (nSPS) is 24.8. The maximum atomic E-state index is 12.3. The summed E-state index contributed by atoms with van der Waals surface area (Å²) < 4.78 is 5.46. The van der Waals surface area contributed by atoms with E-state index >= 15 is 0 Å².